The first-order chi connectivity index (χ1) is 16.5. The van der Waals surface area contributed by atoms with Gasteiger partial charge in [-0.2, -0.15) is 0 Å². The fourth-order valence-corrected chi connectivity index (χ4v) is 4.43. The molecule has 0 unspecified atom stereocenters. The third-order valence-corrected chi connectivity index (χ3v) is 6.41. The van der Waals surface area contributed by atoms with Gasteiger partial charge in [-0.05, 0) is 91.7 Å². The van der Waals surface area contributed by atoms with Gasteiger partial charge in [0.1, 0.15) is 0 Å². The van der Waals surface area contributed by atoms with Gasteiger partial charge >= 0.3 is 0 Å². The van der Waals surface area contributed by atoms with Gasteiger partial charge in [0.05, 0.1) is 0 Å². The highest BCUT2D eigenvalue weighted by atomic mass is 16.3. The molecule has 1 aliphatic rings. The highest BCUT2D eigenvalue weighted by Crippen LogP contribution is 2.29. The number of nitrogens with zero attached hydrogens (tertiary/aromatic N) is 1. The maximum atomic E-state index is 13.1. The Balaban J connectivity index is 1.46. The minimum atomic E-state index is -0.0265. The van der Waals surface area contributed by atoms with E-state index in [-0.39, 0.29) is 12.5 Å². The molecule has 0 atom stereocenters. The average Bonchev–Trinajstić information content (AvgIpc) is 3.06. The average molecular weight is 455 g/mol. The summed E-state index contributed by atoms with van der Waals surface area (Å²) in [6, 6.07) is 23.2. The van der Waals surface area contributed by atoms with Crippen LogP contribution in [0.1, 0.15) is 41.5 Å². The number of hydrogen-bond donors (Lipinski definition) is 2. The minimum absolute atomic E-state index is 0.0265. The van der Waals surface area contributed by atoms with Crippen LogP contribution in [-0.2, 0) is 17.8 Å². The third kappa shape index (κ3) is 6.22. The zero-order valence-corrected chi connectivity index (χ0v) is 20.2. The second-order valence-corrected chi connectivity index (χ2v) is 9.27. The minimum Gasteiger partial charge on any atom is -0.396 e. The number of carbonyl (C=O) groups excluding carboxylic acids is 1. The molecule has 4 rings (SSSR count). The highest BCUT2D eigenvalue weighted by Gasteiger charge is 2.16. The number of aliphatic hydroxyl groups excluding tert-OH is 1. The summed E-state index contributed by atoms with van der Waals surface area (Å²) in [5.74, 6) is -0.0265. The van der Waals surface area contributed by atoms with Crippen LogP contribution in [0.5, 0.6) is 0 Å². The van der Waals surface area contributed by atoms with E-state index >= 15 is 0 Å². The number of aliphatic hydroxyl groups is 1. The molecule has 0 aromatic heterocycles. The summed E-state index contributed by atoms with van der Waals surface area (Å²) in [5, 5.41) is 12.1. The van der Waals surface area contributed by atoms with Crippen molar-refractivity contribution in [2.24, 2.45) is 0 Å². The third-order valence-electron chi connectivity index (χ3n) is 6.41. The van der Waals surface area contributed by atoms with E-state index in [0.717, 1.165) is 55.6 Å². The molecule has 4 nitrogen and oxygen atoms in total. The lowest BCUT2D eigenvalue weighted by Crippen LogP contribution is -2.20. The summed E-state index contributed by atoms with van der Waals surface area (Å²) in [6.45, 7) is 3.98. The summed E-state index contributed by atoms with van der Waals surface area (Å²) in [7, 11) is 2.05. The van der Waals surface area contributed by atoms with Crippen molar-refractivity contribution in [3.63, 3.8) is 0 Å². The van der Waals surface area contributed by atoms with Crippen molar-refractivity contribution in [3.05, 3.63) is 94.6 Å². The Kier molecular flexibility index (Phi) is 7.94. The summed E-state index contributed by atoms with van der Waals surface area (Å²) >= 11 is 0. The molecule has 0 radical (unpaired) electrons. The van der Waals surface area contributed by atoms with E-state index in [9.17, 15) is 4.79 Å². The molecule has 3 aromatic rings. The molecule has 0 bridgehead atoms. The predicted molar refractivity (Wildman–Crippen MR) is 141 cm³/mol. The Morgan fingerprint density at radius 1 is 0.971 bits per heavy atom. The Labute approximate surface area is 202 Å². The van der Waals surface area contributed by atoms with E-state index in [0.29, 0.717) is 0 Å². The van der Waals surface area contributed by atoms with Gasteiger partial charge in [-0.1, -0.05) is 54.1 Å². The second-order valence-electron chi connectivity index (χ2n) is 9.27. The summed E-state index contributed by atoms with van der Waals surface area (Å²) in [5.41, 5.74) is 8.88. The molecule has 0 fully saturated rings. The molecule has 34 heavy (non-hydrogen) atoms. The second kappa shape index (κ2) is 11.3. The molecular formula is C30H34N2O2. The van der Waals surface area contributed by atoms with Gasteiger partial charge < -0.3 is 15.3 Å². The molecule has 0 aliphatic heterocycles. The summed E-state index contributed by atoms with van der Waals surface area (Å²) in [4.78, 5) is 15.3. The van der Waals surface area contributed by atoms with E-state index in [1.54, 1.807) is 0 Å². The van der Waals surface area contributed by atoms with Crippen LogP contribution in [0.15, 0.2) is 72.3 Å². The highest BCUT2D eigenvalue weighted by molar-refractivity contribution is 6.07. The van der Waals surface area contributed by atoms with Gasteiger partial charge in [0.25, 0.3) is 5.91 Å². The maximum Gasteiger partial charge on any atom is 0.251 e. The number of rotatable bonds is 8. The normalized spacial score (nSPS) is 13.2. The van der Waals surface area contributed by atoms with E-state index in [1.807, 2.05) is 19.2 Å². The topological polar surface area (TPSA) is 52.6 Å². The standard InChI is InChI=1S/C30H34N2O2/c1-22-7-11-25(12-8-22)26-14-13-24-5-3-6-27(20-28(24)19-26)30(34)31-29-15-9-23(10-16-29)21-32(2)17-4-18-33/h7-16,19-20,33H,3-6,17-18,21H2,1-2H3,(H,31,34). The quantitative estimate of drug-likeness (QED) is 0.450. The number of amides is 1. The van der Waals surface area contributed by atoms with Gasteiger partial charge in [-0.15, -0.1) is 0 Å². The number of carbonyl (C=O) groups is 1. The largest absolute Gasteiger partial charge is 0.396 e. The maximum absolute atomic E-state index is 13.1. The number of fused-ring (bicyclic) bond motifs is 1. The van der Waals surface area contributed by atoms with Gasteiger partial charge in [0, 0.05) is 31.0 Å². The van der Waals surface area contributed by atoms with Crippen molar-refractivity contribution in [3.8, 4) is 11.1 Å². The van der Waals surface area contributed by atoms with Crippen molar-refractivity contribution in [1.29, 1.82) is 0 Å². The molecule has 0 saturated heterocycles. The van der Waals surface area contributed by atoms with Gasteiger partial charge in [-0.25, -0.2) is 0 Å². The van der Waals surface area contributed by atoms with Crippen LogP contribution in [-0.4, -0.2) is 36.1 Å². The van der Waals surface area contributed by atoms with Crippen LogP contribution < -0.4 is 5.32 Å². The molecule has 2 N–H and O–H groups in total. The SMILES string of the molecule is Cc1ccc(-c2ccc3c(c2)C=C(C(=O)Nc2ccc(CN(C)CCCO)cc2)CCC3)cc1. The van der Waals surface area contributed by atoms with E-state index in [4.69, 9.17) is 5.11 Å². The van der Waals surface area contributed by atoms with E-state index < -0.39 is 0 Å². The van der Waals surface area contributed by atoms with Gasteiger partial charge in [0.15, 0.2) is 0 Å². The Bertz CT molecular complexity index is 1150. The Morgan fingerprint density at radius 3 is 2.44 bits per heavy atom. The molecule has 1 amide bonds. The lowest BCUT2D eigenvalue weighted by molar-refractivity contribution is -0.112. The fraction of sp³-hybridized carbons (Fsp3) is 0.300. The number of benzene rings is 3. The van der Waals surface area contributed by atoms with E-state index in [1.165, 1.54) is 27.8 Å². The van der Waals surface area contributed by atoms with E-state index in [2.05, 4.69) is 77.8 Å². The molecule has 0 spiro atoms. The first kappa shape index (κ1) is 23.9. The predicted octanol–water partition coefficient (Wildman–Crippen LogP) is 5.83. The van der Waals surface area contributed by atoms with Crippen LogP contribution in [0.4, 0.5) is 5.69 Å². The van der Waals surface area contributed by atoms with Crippen molar-refractivity contribution in [2.45, 2.75) is 39.2 Å². The van der Waals surface area contributed by atoms with Crippen LogP contribution in [0.3, 0.4) is 0 Å². The van der Waals surface area contributed by atoms with Crippen LogP contribution in [0.25, 0.3) is 17.2 Å². The molecule has 1 aliphatic carbocycles. The summed E-state index contributed by atoms with van der Waals surface area (Å²) in [6.07, 6.45) is 5.56. The zero-order chi connectivity index (χ0) is 23.9. The summed E-state index contributed by atoms with van der Waals surface area (Å²) < 4.78 is 0. The smallest absolute Gasteiger partial charge is 0.251 e. The molecular weight excluding hydrogens is 420 g/mol. The first-order valence-electron chi connectivity index (χ1n) is 12.1. The molecule has 3 aromatic carbocycles. The lowest BCUT2D eigenvalue weighted by Gasteiger charge is -2.16. The molecule has 176 valence electrons. The number of aryl methyl sites for hydroxylation is 2. The number of hydrogen-bond acceptors (Lipinski definition) is 3. The van der Waals surface area contributed by atoms with Crippen LogP contribution in [0.2, 0.25) is 0 Å². The fourth-order valence-electron chi connectivity index (χ4n) is 4.43. The van der Waals surface area contributed by atoms with Crippen LogP contribution in [0, 0.1) is 6.92 Å². The van der Waals surface area contributed by atoms with Gasteiger partial charge in [0.2, 0.25) is 0 Å². The first-order valence-corrected chi connectivity index (χ1v) is 12.1. The van der Waals surface area contributed by atoms with Crippen LogP contribution >= 0.6 is 0 Å². The Morgan fingerprint density at radius 2 is 1.71 bits per heavy atom. The van der Waals surface area contributed by atoms with Crippen molar-refractivity contribution < 1.29 is 9.90 Å². The molecule has 0 heterocycles. The Hall–Kier alpha value is -3.21. The monoisotopic (exact) mass is 454 g/mol. The number of anilines is 1. The van der Waals surface area contributed by atoms with Crippen molar-refractivity contribution in [1.82, 2.24) is 4.90 Å². The lowest BCUT2D eigenvalue weighted by atomic mass is 9.97. The zero-order valence-electron chi connectivity index (χ0n) is 20.2. The van der Waals surface area contributed by atoms with Gasteiger partial charge in [-0.3, -0.25) is 4.79 Å². The number of nitrogens with one attached hydrogen (secondary N) is 1. The van der Waals surface area contributed by atoms with Crippen molar-refractivity contribution in [2.75, 3.05) is 25.5 Å². The van der Waals surface area contributed by atoms with Crippen molar-refractivity contribution >= 4 is 17.7 Å². The molecule has 4 heteroatoms. The molecule has 0 saturated carbocycles.